The van der Waals surface area contributed by atoms with Crippen molar-refractivity contribution < 1.29 is 28.5 Å². The minimum Gasteiger partial charge on any atom is -0.493 e. The van der Waals surface area contributed by atoms with Crippen LogP contribution in [0.1, 0.15) is 51.5 Å². The summed E-state index contributed by atoms with van der Waals surface area (Å²) in [5.41, 5.74) is 0.859. The van der Waals surface area contributed by atoms with Crippen molar-refractivity contribution in [2.45, 2.75) is 64.5 Å². The maximum Gasteiger partial charge on any atom is 0.306 e. The Morgan fingerprint density at radius 1 is 1.10 bits per heavy atom. The number of nitrogens with zero attached hydrogens (tertiary/aromatic N) is 1. The Morgan fingerprint density at radius 2 is 1.76 bits per heavy atom. The van der Waals surface area contributed by atoms with Crippen molar-refractivity contribution in [1.82, 2.24) is 4.90 Å². The van der Waals surface area contributed by atoms with E-state index in [0.717, 1.165) is 37.8 Å². The van der Waals surface area contributed by atoms with Crippen LogP contribution < -0.4 is 14.2 Å². The van der Waals surface area contributed by atoms with Crippen LogP contribution in [0.2, 0.25) is 0 Å². The van der Waals surface area contributed by atoms with E-state index >= 15 is 0 Å². The predicted octanol–water partition coefficient (Wildman–Crippen LogP) is 3.37. The fourth-order valence-corrected chi connectivity index (χ4v) is 3.78. The molecule has 2 unspecified atom stereocenters. The van der Waals surface area contributed by atoms with E-state index in [2.05, 4.69) is 6.92 Å². The Balaban J connectivity index is 1.94. The van der Waals surface area contributed by atoms with Crippen LogP contribution in [0.5, 0.6) is 17.2 Å². The Labute approximate surface area is 173 Å². The molecular formula is C22H33NO6. The molecule has 2 rings (SSSR count). The van der Waals surface area contributed by atoms with Gasteiger partial charge in [0.1, 0.15) is 0 Å². The number of aryl methyl sites for hydroxylation is 1. The molecule has 0 N–H and O–H groups in total. The van der Waals surface area contributed by atoms with Gasteiger partial charge in [0.15, 0.2) is 17.6 Å². The Kier molecular flexibility index (Phi) is 8.61. The highest BCUT2D eigenvalue weighted by Crippen LogP contribution is 2.38. The minimum absolute atomic E-state index is 0.0994. The number of piperidine rings is 1. The third kappa shape index (κ3) is 5.78. The van der Waals surface area contributed by atoms with Crippen LogP contribution in [-0.4, -0.2) is 56.8 Å². The monoisotopic (exact) mass is 407 g/mol. The lowest BCUT2D eigenvalue weighted by molar-refractivity contribution is -0.161. The van der Waals surface area contributed by atoms with Crippen molar-refractivity contribution in [1.29, 1.82) is 0 Å². The highest BCUT2D eigenvalue weighted by molar-refractivity contribution is 5.83. The van der Waals surface area contributed by atoms with Crippen LogP contribution in [0.15, 0.2) is 12.1 Å². The summed E-state index contributed by atoms with van der Waals surface area (Å²) < 4.78 is 21.4. The van der Waals surface area contributed by atoms with Crippen LogP contribution in [-0.2, 0) is 20.7 Å². The average molecular weight is 408 g/mol. The molecule has 1 heterocycles. The zero-order valence-electron chi connectivity index (χ0n) is 18.2. The summed E-state index contributed by atoms with van der Waals surface area (Å²) in [6.07, 6.45) is 3.92. The molecule has 0 spiro atoms. The van der Waals surface area contributed by atoms with Gasteiger partial charge in [0.2, 0.25) is 5.75 Å². The molecule has 1 aliphatic heterocycles. The lowest BCUT2D eigenvalue weighted by Crippen LogP contribution is -2.48. The van der Waals surface area contributed by atoms with Gasteiger partial charge in [-0.15, -0.1) is 0 Å². The summed E-state index contributed by atoms with van der Waals surface area (Å²) in [6.45, 7) is 4.48. The molecule has 1 saturated heterocycles. The number of hydrogen-bond donors (Lipinski definition) is 0. The SMILES string of the molecule is CCC1CCCCN1C(=O)C(C)OC(=O)CCc1cc(OC)c(OC)c(OC)c1. The van der Waals surface area contributed by atoms with Crippen molar-refractivity contribution in [3.05, 3.63) is 17.7 Å². The first-order valence-corrected chi connectivity index (χ1v) is 10.2. The second-order valence-corrected chi connectivity index (χ2v) is 7.26. The second kappa shape index (κ2) is 10.9. The molecule has 1 fully saturated rings. The first-order valence-electron chi connectivity index (χ1n) is 10.2. The maximum atomic E-state index is 12.7. The molecule has 0 aliphatic carbocycles. The van der Waals surface area contributed by atoms with Crippen LogP contribution in [0, 0.1) is 0 Å². The first-order chi connectivity index (χ1) is 13.9. The van der Waals surface area contributed by atoms with Crippen LogP contribution >= 0.6 is 0 Å². The summed E-state index contributed by atoms with van der Waals surface area (Å²) in [5.74, 6) is 1.08. The molecular weight excluding hydrogens is 374 g/mol. The number of likely N-dealkylation sites (tertiary alicyclic amines) is 1. The molecule has 1 aromatic rings. The number of carbonyl (C=O) groups excluding carboxylic acids is 2. The Hall–Kier alpha value is -2.44. The van der Waals surface area contributed by atoms with E-state index in [-0.39, 0.29) is 18.4 Å². The van der Waals surface area contributed by atoms with E-state index in [1.165, 1.54) is 0 Å². The molecule has 7 nitrogen and oxygen atoms in total. The number of benzene rings is 1. The number of esters is 1. The van der Waals surface area contributed by atoms with Gasteiger partial charge in [-0.25, -0.2) is 0 Å². The topological polar surface area (TPSA) is 74.3 Å². The first kappa shape index (κ1) is 22.8. The quantitative estimate of drug-likeness (QED) is 0.585. The fourth-order valence-electron chi connectivity index (χ4n) is 3.78. The smallest absolute Gasteiger partial charge is 0.306 e. The van der Waals surface area contributed by atoms with Crippen LogP contribution in [0.4, 0.5) is 0 Å². The molecule has 0 saturated carbocycles. The third-order valence-electron chi connectivity index (χ3n) is 5.38. The van der Waals surface area contributed by atoms with Crippen molar-refractivity contribution >= 4 is 11.9 Å². The van der Waals surface area contributed by atoms with Crippen molar-refractivity contribution in [2.24, 2.45) is 0 Å². The summed E-state index contributed by atoms with van der Waals surface area (Å²) in [4.78, 5) is 26.9. The van der Waals surface area contributed by atoms with Crippen molar-refractivity contribution in [3.8, 4) is 17.2 Å². The lowest BCUT2D eigenvalue weighted by atomic mass is 9.99. The number of methoxy groups -OCH3 is 3. The standard InChI is InChI=1S/C22H33NO6/c1-6-17-9-7-8-12-23(17)22(25)15(2)29-20(24)11-10-16-13-18(26-3)21(28-5)19(14-16)27-4/h13-15,17H,6-12H2,1-5H3. The highest BCUT2D eigenvalue weighted by atomic mass is 16.5. The van der Waals surface area contributed by atoms with E-state index in [1.807, 2.05) is 17.0 Å². The normalized spacial score (nSPS) is 17.4. The van der Waals surface area contributed by atoms with Gasteiger partial charge in [0.25, 0.3) is 5.91 Å². The van der Waals surface area contributed by atoms with Gasteiger partial charge < -0.3 is 23.8 Å². The van der Waals surface area contributed by atoms with E-state index in [0.29, 0.717) is 23.7 Å². The minimum atomic E-state index is -0.769. The lowest BCUT2D eigenvalue weighted by Gasteiger charge is -2.36. The molecule has 29 heavy (non-hydrogen) atoms. The largest absolute Gasteiger partial charge is 0.493 e. The average Bonchev–Trinajstić information content (AvgIpc) is 2.75. The third-order valence-corrected chi connectivity index (χ3v) is 5.38. The molecule has 1 amide bonds. The number of carbonyl (C=O) groups is 2. The maximum absolute atomic E-state index is 12.7. The summed E-state index contributed by atoms with van der Waals surface area (Å²) >= 11 is 0. The van der Waals surface area contributed by atoms with Gasteiger partial charge in [0, 0.05) is 19.0 Å². The van der Waals surface area contributed by atoms with Crippen LogP contribution in [0.25, 0.3) is 0 Å². The van der Waals surface area contributed by atoms with Crippen LogP contribution in [0.3, 0.4) is 0 Å². The van der Waals surface area contributed by atoms with Crippen molar-refractivity contribution in [2.75, 3.05) is 27.9 Å². The second-order valence-electron chi connectivity index (χ2n) is 7.26. The number of amides is 1. The van der Waals surface area contributed by atoms with E-state index < -0.39 is 12.1 Å². The fraction of sp³-hybridized carbons (Fsp3) is 0.636. The molecule has 7 heteroatoms. The zero-order valence-corrected chi connectivity index (χ0v) is 18.2. The molecule has 0 radical (unpaired) electrons. The molecule has 0 aromatic heterocycles. The van der Waals surface area contributed by atoms with Gasteiger partial charge in [-0.3, -0.25) is 9.59 Å². The summed E-state index contributed by atoms with van der Waals surface area (Å²) in [7, 11) is 4.64. The van der Waals surface area contributed by atoms with Gasteiger partial charge in [-0.1, -0.05) is 6.92 Å². The van der Waals surface area contributed by atoms with E-state index in [1.54, 1.807) is 28.3 Å². The number of ether oxygens (including phenoxy) is 4. The van der Waals surface area contributed by atoms with E-state index in [9.17, 15) is 9.59 Å². The Bertz CT molecular complexity index is 680. The summed E-state index contributed by atoms with van der Waals surface area (Å²) in [5, 5.41) is 0. The number of hydrogen-bond acceptors (Lipinski definition) is 6. The molecule has 1 aromatic carbocycles. The molecule has 162 valence electrons. The van der Waals surface area contributed by atoms with E-state index in [4.69, 9.17) is 18.9 Å². The molecule has 2 atom stereocenters. The highest BCUT2D eigenvalue weighted by Gasteiger charge is 2.30. The zero-order chi connectivity index (χ0) is 21.4. The van der Waals surface area contributed by atoms with Crippen molar-refractivity contribution in [3.63, 3.8) is 0 Å². The van der Waals surface area contributed by atoms with Gasteiger partial charge in [-0.05, 0) is 56.7 Å². The predicted molar refractivity (Wildman–Crippen MR) is 110 cm³/mol. The Morgan fingerprint density at radius 3 is 2.31 bits per heavy atom. The number of rotatable bonds is 9. The van der Waals surface area contributed by atoms with Gasteiger partial charge in [0.05, 0.1) is 21.3 Å². The molecule has 0 bridgehead atoms. The van der Waals surface area contributed by atoms with Gasteiger partial charge in [-0.2, -0.15) is 0 Å². The molecule has 1 aliphatic rings. The summed E-state index contributed by atoms with van der Waals surface area (Å²) in [6, 6.07) is 3.86. The van der Waals surface area contributed by atoms with Gasteiger partial charge >= 0.3 is 5.97 Å².